The second kappa shape index (κ2) is 2.77. The summed E-state index contributed by atoms with van der Waals surface area (Å²) in [6, 6.07) is 0.847. The van der Waals surface area contributed by atoms with Crippen molar-refractivity contribution in [3.8, 4) is 0 Å². The molecular weight excluding hydrogens is 148 g/mol. The Hall–Kier alpha value is -1.05. The molecule has 2 aliphatic rings. The molecule has 0 radical (unpaired) electrons. The first-order valence-corrected chi connectivity index (χ1v) is 4.47. The van der Waals surface area contributed by atoms with E-state index in [-0.39, 0.29) is 0 Å². The van der Waals surface area contributed by atoms with Crippen LogP contribution < -0.4 is 0 Å². The second-order valence-electron chi connectivity index (χ2n) is 3.26. The zero-order valence-electron chi connectivity index (χ0n) is 7.57. The number of hydrogen-bond acceptors (Lipinski definition) is 2. The van der Waals surface area contributed by atoms with E-state index in [1.165, 1.54) is 5.84 Å². The van der Waals surface area contributed by atoms with Crippen molar-refractivity contribution in [2.45, 2.75) is 25.4 Å². The zero-order valence-corrected chi connectivity index (χ0v) is 7.57. The molecule has 1 aliphatic carbocycles. The highest BCUT2D eigenvalue weighted by molar-refractivity contribution is 5.84. The lowest BCUT2D eigenvalue weighted by Gasteiger charge is -2.23. The normalized spacial score (nSPS) is 32.2. The Morgan fingerprint density at radius 1 is 1.42 bits per heavy atom. The lowest BCUT2D eigenvalue weighted by atomic mass is 10.0. The Morgan fingerprint density at radius 2 is 2.17 bits per heavy atom. The van der Waals surface area contributed by atoms with E-state index in [1.54, 1.807) is 0 Å². The van der Waals surface area contributed by atoms with Gasteiger partial charge in [0.05, 0.1) is 17.9 Å². The van der Waals surface area contributed by atoms with E-state index in [1.807, 2.05) is 0 Å². The third-order valence-corrected chi connectivity index (χ3v) is 2.55. The summed E-state index contributed by atoms with van der Waals surface area (Å²) in [5, 5.41) is 0. The van der Waals surface area contributed by atoms with E-state index in [9.17, 15) is 0 Å². The van der Waals surface area contributed by atoms with Gasteiger partial charge in [-0.1, -0.05) is 31.2 Å². The molecule has 2 rings (SSSR count). The molecule has 64 valence electrons. The fourth-order valence-corrected chi connectivity index (χ4v) is 1.84. The first kappa shape index (κ1) is 7.59. The molecule has 0 saturated heterocycles. The van der Waals surface area contributed by atoms with Gasteiger partial charge in [0.2, 0.25) is 0 Å². The van der Waals surface area contributed by atoms with Crippen molar-refractivity contribution in [1.82, 2.24) is 4.90 Å². The maximum atomic E-state index is 4.61. The summed E-state index contributed by atoms with van der Waals surface area (Å²) in [6.07, 6.45) is 9.61. The smallest absolute Gasteiger partial charge is 0.0997 e. The van der Waals surface area contributed by atoms with Crippen LogP contribution in [-0.4, -0.2) is 29.9 Å². The summed E-state index contributed by atoms with van der Waals surface area (Å²) in [5.41, 5.74) is 0. The fourth-order valence-electron chi connectivity index (χ4n) is 1.84. The van der Waals surface area contributed by atoms with Crippen molar-refractivity contribution in [3.05, 3.63) is 24.3 Å². The molecule has 0 bridgehead atoms. The van der Waals surface area contributed by atoms with Crippen LogP contribution in [0.1, 0.15) is 13.3 Å². The van der Waals surface area contributed by atoms with Gasteiger partial charge in [-0.2, -0.15) is 0 Å². The molecule has 2 heteroatoms. The number of rotatable bonds is 1. The lowest BCUT2D eigenvalue weighted by molar-refractivity contribution is 0.432. The van der Waals surface area contributed by atoms with Gasteiger partial charge in [0, 0.05) is 13.5 Å². The van der Waals surface area contributed by atoms with E-state index in [0.717, 1.165) is 6.42 Å². The summed E-state index contributed by atoms with van der Waals surface area (Å²) < 4.78 is 0. The highest BCUT2D eigenvalue weighted by Crippen LogP contribution is 2.22. The maximum Gasteiger partial charge on any atom is 0.0997 e. The molecule has 0 amide bonds. The minimum Gasteiger partial charge on any atom is -0.354 e. The quantitative estimate of drug-likeness (QED) is 0.572. The lowest BCUT2D eigenvalue weighted by Crippen LogP contribution is -2.34. The Balaban J connectivity index is 2.25. The Kier molecular flexibility index (Phi) is 1.75. The predicted octanol–water partition coefficient (Wildman–Crippen LogP) is 1.60. The molecule has 0 N–H and O–H groups in total. The molecule has 12 heavy (non-hydrogen) atoms. The summed E-state index contributed by atoms with van der Waals surface area (Å²) in [6.45, 7) is 2.15. The van der Waals surface area contributed by atoms with Crippen LogP contribution in [0.5, 0.6) is 0 Å². The first-order valence-electron chi connectivity index (χ1n) is 4.47. The van der Waals surface area contributed by atoms with Crippen LogP contribution in [0.3, 0.4) is 0 Å². The van der Waals surface area contributed by atoms with Crippen LogP contribution in [0, 0.1) is 0 Å². The molecule has 1 aliphatic heterocycles. The van der Waals surface area contributed by atoms with Gasteiger partial charge < -0.3 is 4.90 Å². The molecule has 0 aromatic rings. The third kappa shape index (κ3) is 0.986. The van der Waals surface area contributed by atoms with Crippen molar-refractivity contribution in [1.29, 1.82) is 0 Å². The molecule has 1 heterocycles. The van der Waals surface area contributed by atoms with Gasteiger partial charge in [0.1, 0.15) is 0 Å². The molecule has 0 aromatic carbocycles. The predicted molar refractivity (Wildman–Crippen MR) is 51.3 cm³/mol. The standard InChI is InChI=1S/C10H14N2/c1-3-10-11-8-6-4-5-7-9(8)12(10)2/h4-9H,3H2,1-2H3. The Labute approximate surface area is 73.3 Å². The Morgan fingerprint density at radius 3 is 2.83 bits per heavy atom. The molecule has 2 unspecified atom stereocenters. The summed E-state index contributed by atoms with van der Waals surface area (Å²) in [5.74, 6) is 1.22. The minimum atomic E-state index is 0.370. The average molecular weight is 162 g/mol. The van der Waals surface area contributed by atoms with Crippen LogP contribution in [0.4, 0.5) is 0 Å². The number of amidine groups is 1. The van der Waals surface area contributed by atoms with Crippen LogP contribution >= 0.6 is 0 Å². The van der Waals surface area contributed by atoms with Gasteiger partial charge in [-0.15, -0.1) is 0 Å². The van der Waals surface area contributed by atoms with Crippen molar-refractivity contribution in [2.75, 3.05) is 7.05 Å². The summed E-state index contributed by atoms with van der Waals surface area (Å²) in [7, 11) is 2.12. The van der Waals surface area contributed by atoms with Gasteiger partial charge in [-0.25, -0.2) is 0 Å². The Bertz CT molecular complexity index is 263. The first-order chi connectivity index (χ1) is 5.83. The third-order valence-electron chi connectivity index (χ3n) is 2.55. The van der Waals surface area contributed by atoms with Crippen LogP contribution in [0.15, 0.2) is 29.3 Å². The molecular formula is C10H14N2. The van der Waals surface area contributed by atoms with E-state index in [0.29, 0.717) is 12.1 Å². The van der Waals surface area contributed by atoms with Crippen molar-refractivity contribution in [3.63, 3.8) is 0 Å². The monoisotopic (exact) mass is 162 g/mol. The number of aliphatic imine (C=N–C) groups is 1. The summed E-state index contributed by atoms with van der Waals surface area (Å²) >= 11 is 0. The molecule has 0 spiro atoms. The average Bonchev–Trinajstić information content (AvgIpc) is 2.44. The molecule has 2 nitrogen and oxygen atoms in total. The van der Waals surface area contributed by atoms with E-state index in [4.69, 9.17) is 0 Å². The van der Waals surface area contributed by atoms with Gasteiger partial charge in [-0.3, -0.25) is 4.99 Å². The van der Waals surface area contributed by atoms with Crippen LogP contribution in [-0.2, 0) is 0 Å². The number of likely N-dealkylation sites (N-methyl/N-ethyl adjacent to an activating group) is 1. The molecule has 2 atom stereocenters. The largest absolute Gasteiger partial charge is 0.354 e. The zero-order chi connectivity index (χ0) is 8.55. The fraction of sp³-hybridized carbons (Fsp3) is 0.500. The number of allylic oxidation sites excluding steroid dienone is 2. The van der Waals surface area contributed by atoms with Gasteiger partial charge >= 0.3 is 0 Å². The number of nitrogens with zero attached hydrogens (tertiary/aromatic N) is 2. The summed E-state index contributed by atoms with van der Waals surface area (Å²) in [4.78, 5) is 6.88. The van der Waals surface area contributed by atoms with Gasteiger partial charge in [-0.05, 0) is 0 Å². The van der Waals surface area contributed by atoms with Crippen LogP contribution in [0.25, 0.3) is 0 Å². The van der Waals surface area contributed by atoms with Crippen molar-refractivity contribution < 1.29 is 0 Å². The second-order valence-corrected chi connectivity index (χ2v) is 3.26. The number of hydrogen-bond donors (Lipinski definition) is 0. The molecule has 0 fully saturated rings. The van der Waals surface area contributed by atoms with E-state index < -0.39 is 0 Å². The van der Waals surface area contributed by atoms with Gasteiger partial charge in [0.15, 0.2) is 0 Å². The topological polar surface area (TPSA) is 15.6 Å². The molecule has 0 saturated carbocycles. The highest BCUT2D eigenvalue weighted by atomic mass is 15.3. The van der Waals surface area contributed by atoms with E-state index >= 15 is 0 Å². The van der Waals surface area contributed by atoms with Crippen molar-refractivity contribution >= 4 is 5.84 Å². The minimum absolute atomic E-state index is 0.370. The number of fused-ring (bicyclic) bond motifs is 1. The highest BCUT2D eigenvalue weighted by Gasteiger charge is 2.29. The molecule has 0 aromatic heterocycles. The van der Waals surface area contributed by atoms with Crippen molar-refractivity contribution in [2.24, 2.45) is 4.99 Å². The van der Waals surface area contributed by atoms with Crippen LogP contribution in [0.2, 0.25) is 0 Å². The SMILES string of the molecule is CCC1=NC2C=CC=CC2N1C. The maximum absolute atomic E-state index is 4.61. The van der Waals surface area contributed by atoms with E-state index in [2.05, 4.69) is 48.2 Å². The van der Waals surface area contributed by atoms with Gasteiger partial charge in [0.25, 0.3) is 0 Å².